The summed E-state index contributed by atoms with van der Waals surface area (Å²) in [6.07, 6.45) is 1.89. The molecule has 2 heteroatoms. The predicted molar refractivity (Wildman–Crippen MR) is 77.3 cm³/mol. The Morgan fingerprint density at radius 3 is 2.63 bits per heavy atom. The molecule has 0 aliphatic carbocycles. The highest BCUT2D eigenvalue weighted by Crippen LogP contribution is 2.21. The summed E-state index contributed by atoms with van der Waals surface area (Å²) < 4.78 is 5.82. The monoisotopic (exact) mass is 249 g/mol. The fourth-order valence-electron chi connectivity index (χ4n) is 2.06. The Morgan fingerprint density at radius 2 is 1.79 bits per heavy atom. The van der Waals surface area contributed by atoms with Gasteiger partial charge < -0.3 is 4.74 Å². The fraction of sp³-hybridized carbons (Fsp3) is 0.118. The van der Waals surface area contributed by atoms with Crippen LogP contribution in [-0.4, -0.2) is 4.98 Å². The number of rotatable bonds is 3. The van der Waals surface area contributed by atoms with E-state index < -0.39 is 0 Å². The van der Waals surface area contributed by atoms with Crippen molar-refractivity contribution in [2.45, 2.75) is 13.5 Å². The zero-order valence-electron chi connectivity index (χ0n) is 10.8. The summed E-state index contributed by atoms with van der Waals surface area (Å²) in [4.78, 5) is 4.29. The molecule has 94 valence electrons. The van der Waals surface area contributed by atoms with Crippen LogP contribution in [0.3, 0.4) is 0 Å². The lowest BCUT2D eigenvalue weighted by Crippen LogP contribution is -1.94. The molecule has 3 aromatic rings. The van der Waals surface area contributed by atoms with Gasteiger partial charge >= 0.3 is 0 Å². The van der Waals surface area contributed by atoms with Crippen molar-refractivity contribution in [3.8, 4) is 5.75 Å². The van der Waals surface area contributed by atoms with Gasteiger partial charge in [-0.15, -0.1) is 0 Å². The van der Waals surface area contributed by atoms with Gasteiger partial charge in [-0.25, -0.2) is 0 Å². The predicted octanol–water partition coefficient (Wildman–Crippen LogP) is 4.12. The number of nitrogens with zero attached hydrogens (tertiary/aromatic N) is 1. The first-order valence-electron chi connectivity index (χ1n) is 6.34. The Labute approximate surface area is 112 Å². The summed E-state index contributed by atoms with van der Waals surface area (Å²) in [5, 5.41) is 2.30. The van der Waals surface area contributed by atoms with Crippen LogP contribution >= 0.6 is 0 Å². The van der Waals surface area contributed by atoms with Crippen LogP contribution in [0, 0.1) is 6.92 Å². The van der Waals surface area contributed by atoms with Crippen LogP contribution in [0.15, 0.2) is 60.8 Å². The van der Waals surface area contributed by atoms with E-state index in [9.17, 15) is 0 Å². The minimum absolute atomic E-state index is 0.594. The van der Waals surface area contributed by atoms with E-state index in [2.05, 4.69) is 29.2 Å². The fourth-order valence-corrected chi connectivity index (χ4v) is 2.06. The molecular formula is C17H15NO. The molecule has 0 amide bonds. The number of hydrogen-bond donors (Lipinski definition) is 0. The van der Waals surface area contributed by atoms with Crippen LogP contribution in [0.25, 0.3) is 10.8 Å². The molecule has 0 fully saturated rings. The van der Waals surface area contributed by atoms with E-state index in [-0.39, 0.29) is 0 Å². The average Bonchev–Trinajstić information content (AvgIpc) is 2.46. The average molecular weight is 249 g/mol. The molecule has 0 spiro atoms. The number of ether oxygens (including phenoxy) is 1. The quantitative estimate of drug-likeness (QED) is 0.696. The summed E-state index contributed by atoms with van der Waals surface area (Å²) in [5.74, 6) is 0.891. The summed E-state index contributed by atoms with van der Waals surface area (Å²) in [6, 6.07) is 18.4. The normalized spacial score (nSPS) is 10.6. The molecule has 0 radical (unpaired) electrons. The molecule has 0 atom stereocenters. The maximum absolute atomic E-state index is 5.82. The minimum atomic E-state index is 0.594. The second kappa shape index (κ2) is 5.11. The SMILES string of the molecule is Cc1cc2cc(OCc3ccccc3)ccc2cn1. The topological polar surface area (TPSA) is 22.1 Å². The van der Waals surface area contributed by atoms with Gasteiger partial charge in [0.1, 0.15) is 12.4 Å². The van der Waals surface area contributed by atoms with E-state index in [1.807, 2.05) is 43.5 Å². The van der Waals surface area contributed by atoms with Crippen molar-refractivity contribution in [3.05, 3.63) is 72.1 Å². The van der Waals surface area contributed by atoms with Gasteiger partial charge in [-0.2, -0.15) is 0 Å². The molecule has 0 unspecified atom stereocenters. The van der Waals surface area contributed by atoms with Crippen LogP contribution < -0.4 is 4.74 Å². The molecule has 1 aromatic heterocycles. The third-order valence-corrected chi connectivity index (χ3v) is 3.08. The smallest absolute Gasteiger partial charge is 0.120 e. The van der Waals surface area contributed by atoms with Gasteiger partial charge in [0.25, 0.3) is 0 Å². The van der Waals surface area contributed by atoms with Gasteiger partial charge in [-0.1, -0.05) is 30.3 Å². The van der Waals surface area contributed by atoms with E-state index in [1.54, 1.807) is 0 Å². The molecule has 0 aliphatic heterocycles. The second-order valence-corrected chi connectivity index (χ2v) is 4.61. The van der Waals surface area contributed by atoms with Gasteiger partial charge in [0, 0.05) is 17.3 Å². The van der Waals surface area contributed by atoms with Crippen molar-refractivity contribution >= 4 is 10.8 Å². The van der Waals surface area contributed by atoms with Gasteiger partial charge in [-0.05, 0) is 42.1 Å². The first-order chi connectivity index (χ1) is 9.31. The zero-order chi connectivity index (χ0) is 13.1. The van der Waals surface area contributed by atoms with Gasteiger partial charge in [0.15, 0.2) is 0 Å². The molecular weight excluding hydrogens is 234 g/mol. The molecule has 2 aromatic carbocycles. The molecule has 19 heavy (non-hydrogen) atoms. The number of hydrogen-bond acceptors (Lipinski definition) is 2. The molecule has 2 nitrogen and oxygen atoms in total. The highest BCUT2D eigenvalue weighted by molar-refractivity contribution is 5.83. The largest absolute Gasteiger partial charge is 0.489 e. The third kappa shape index (κ3) is 2.74. The lowest BCUT2D eigenvalue weighted by atomic mass is 10.1. The molecule has 0 N–H and O–H groups in total. The molecule has 0 saturated carbocycles. The van der Waals surface area contributed by atoms with E-state index in [0.717, 1.165) is 22.2 Å². The lowest BCUT2D eigenvalue weighted by Gasteiger charge is -2.07. The summed E-state index contributed by atoms with van der Waals surface area (Å²) in [6.45, 7) is 2.59. The molecule has 3 rings (SSSR count). The van der Waals surface area contributed by atoms with Crippen molar-refractivity contribution in [1.82, 2.24) is 4.98 Å². The minimum Gasteiger partial charge on any atom is -0.489 e. The highest BCUT2D eigenvalue weighted by Gasteiger charge is 1.99. The van der Waals surface area contributed by atoms with E-state index in [1.165, 1.54) is 5.56 Å². The maximum Gasteiger partial charge on any atom is 0.120 e. The van der Waals surface area contributed by atoms with Crippen LogP contribution in [0.4, 0.5) is 0 Å². The van der Waals surface area contributed by atoms with Crippen LogP contribution in [0.2, 0.25) is 0 Å². The zero-order valence-corrected chi connectivity index (χ0v) is 10.8. The van der Waals surface area contributed by atoms with Crippen molar-refractivity contribution in [2.24, 2.45) is 0 Å². The molecule has 1 heterocycles. The van der Waals surface area contributed by atoms with Crippen molar-refractivity contribution in [2.75, 3.05) is 0 Å². The first-order valence-corrected chi connectivity index (χ1v) is 6.34. The summed E-state index contributed by atoms with van der Waals surface area (Å²) in [7, 11) is 0. The third-order valence-electron chi connectivity index (χ3n) is 3.08. The van der Waals surface area contributed by atoms with E-state index in [4.69, 9.17) is 4.74 Å². The molecule has 0 saturated heterocycles. The number of aryl methyl sites for hydroxylation is 1. The highest BCUT2D eigenvalue weighted by atomic mass is 16.5. The van der Waals surface area contributed by atoms with Crippen molar-refractivity contribution in [3.63, 3.8) is 0 Å². The van der Waals surface area contributed by atoms with Gasteiger partial charge in [0.05, 0.1) is 0 Å². The Balaban J connectivity index is 1.81. The van der Waals surface area contributed by atoms with E-state index >= 15 is 0 Å². The Kier molecular flexibility index (Phi) is 3.15. The van der Waals surface area contributed by atoms with Crippen LogP contribution in [-0.2, 0) is 6.61 Å². The number of fused-ring (bicyclic) bond motifs is 1. The van der Waals surface area contributed by atoms with Crippen LogP contribution in [0.5, 0.6) is 5.75 Å². The van der Waals surface area contributed by atoms with Crippen molar-refractivity contribution < 1.29 is 4.74 Å². The molecule has 0 aliphatic rings. The van der Waals surface area contributed by atoms with E-state index in [0.29, 0.717) is 6.61 Å². The Hall–Kier alpha value is -2.35. The number of aromatic nitrogens is 1. The summed E-state index contributed by atoms with van der Waals surface area (Å²) in [5.41, 5.74) is 2.20. The Bertz CT molecular complexity index is 692. The Morgan fingerprint density at radius 1 is 0.947 bits per heavy atom. The van der Waals surface area contributed by atoms with Gasteiger partial charge in [0.2, 0.25) is 0 Å². The van der Waals surface area contributed by atoms with Crippen LogP contribution in [0.1, 0.15) is 11.3 Å². The lowest BCUT2D eigenvalue weighted by molar-refractivity contribution is 0.306. The molecule has 0 bridgehead atoms. The van der Waals surface area contributed by atoms with Crippen molar-refractivity contribution in [1.29, 1.82) is 0 Å². The number of pyridine rings is 1. The number of benzene rings is 2. The van der Waals surface area contributed by atoms with Gasteiger partial charge in [-0.3, -0.25) is 4.98 Å². The first kappa shape index (κ1) is 11.7. The summed E-state index contributed by atoms with van der Waals surface area (Å²) >= 11 is 0. The second-order valence-electron chi connectivity index (χ2n) is 4.61. The maximum atomic E-state index is 5.82. The standard InChI is InChI=1S/C17H15NO/c1-13-9-16-10-17(8-7-15(16)11-18-13)19-12-14-5-3-2-4-6-14/h2-11H,12H2,1H3.